The molecule has 0 aliphatic heterocycles. The van der Waals surface area contributed by atoms with Crippen LogP contribution in [0.25, 0.3) is 0 Å². The molecule has 0 amide bonds. The molecule has 1 fully saturated rings. The van der Waals surface area contributed by atoms with E-state index in [0.29, 0.717) is 10.0 Å². The summed E-state index contributed by atoms with van der Waals surface area (Å²) < 4.78 is 59.2. The first-order valence-corrected chi connectivity index (χ1v) is 8.71. The topological polar surface area (TPSA) is 3.24 Å². The zero-order valence-electron chi connectivity index (χ0n) is 12.4. The first-order chi connectivity index (χ1) is 10.1. The number of rotatable bonds is 1. The zero-order valence-corrected chi connectivity index (χ0v) is 16.5. The minimum Gasteiger partial charge on any atom is -0.0312 e. The molecule has 1 saturated carbocycles. The van der Waals surface area contributed by atoms with Crippen LogP contribution in [0.1, 0.15) is 0 Å². The van der Waals surface area contributed by atoms with Gasteiger partial charge in [0.15, 0.2) is 0 Å². The van der Waals surface area contributed by atoms with Crippen molar-refractivity contribution < 1.29 is 44.7 Å². The molecule has 5 radical (unpaired) electrons. The normalized spacial score (nSPS) is 16.2. The number of anilines is 1. The van der Waals surface area contributed by atoms with Crippen LogP contribution in [0, 0.1) is 32.1 Å². The molecule has 0 unspecified atom stereocenters. The van der Waals surface area contributed by atoms with E-state index in [9.17, 15) is 25.2 Å². The van der Waals surface area contributed by atoms with Crippen LogP contribution in [0.4, 0.5) is 30.9 Å². The van der Waals surface area contributed by atoms with Gasteiger partial charge in [-0.05, 0) is 44.2 Å². The Labute approximate surface area is 160 Å². The van der Waals surface area contributed by atoms with Crippen molar-refractivity contribution in [2.24, 2.45) is 0 Å². The summed E-state index contributed by atoms with van der Waals surface area (Å²) in [5, 5.41) is 1.21. The summed E-state index contributed by atoms with van der Waals surface area (Å²) in [6, 6.07) is 5.58. The van der Waals surface area contributed by atoms with E-state index in [4.69, 9.17) is 23.2 Å². The first kappa shape index (κ1) is 26.5. The van der Waals surface area contributed by atoms with E-state index in [2.05, 4.69) is 0 Å². The molecule has 1 aliphatic rings. The maximum absolute atomic E-state index is 10.7. The quantitative estimate of drug-likeness (QED) is 0.220. The van der Waals surface area contributed by atoms with Crippen molar-refractivity contribution in [3.8, 4) is 0 Å². The van der Waals surface area contributed by atoms with Crippen molar-refractivity contribution in [1.29, 1.82) is 0 Å². The molecule has 0 saturated heterocycles. The monoisotopic (exact) mass is 501 g/mol. The molecule has 0 spiro atoms. The van der Waals surface area contributed by atoms with E-state index in [1.54, 1.807) is 6.07 Å². The zero-order chi connectivity index (χ0) is 18.4. The van der Waals surface area contributed by atoms with E-state index < -0.39 is 7.81 Å². The Balaban J connectivity index is 0. The van der Waals surface area contributed by atoms with Crippen molar-refractivity contribution in [2.45, 2.75) is 0 Å². The van der Waals surface area contributed by atoms with Crippen LogP contribution in [0.2, 0.25) is 10.0 Å². The largest absolute Gasteiger partial charge is 2.00 e. The summed E-state index contributed by atoms with van der Waals surface area (Å²) >= 11 is 11.7. The minimum atomic E-state index is -10.7. The fraction of sp³-hybridized carbons (Fsp3) is 0.154. The van der Waals surface area contributed by atoms with Gasteiger partial charge in [0.25, 0.3) is 0 Å². The Morgan fingerprint density at radius 1 is 0.792 bits per heavy atom. The number of hydrogen-bond acceptors (Lipinski definition) is 1. The maximum Gasteiger partial charge on any atom is 2.00 e. The molecule has 1 nitrogen and oxygen atoms in total. The summed E-state index contributed by atoms with van der Waals surface area (Å²) in [7, 11) is -6.80. The Bertz CT molecular complexity index is 487. The fourth-order valence-electron chi connectivity index (χ4n) is 1.16. The average Bonchev–Trinajstić information content (AvgIpc) is 2.87. The molecule has 2 rings (SSSR count). The van der Waals surface area contributed by atoms with Crippen LogP contribution in [0.15, 0.2) is 18.2 Å². The van der Waals surface area contributed by atoms with Crippen molar-refractivity contribution in [3.05, 3.63) is 60.3 Å². The third kappa shape index (κ3) is 18.6. The average molecular weight is 501 g/mol. The fourth-order valence-corrected chi connectivity index (χ4v) is 1.62. The molecule has 0 N–H and O–H groups in total. The van der Waals surface area contributed by atoms with Crippen LogP contribution >= 0.6 is 31.0 Å². The van der Waals surface area contributed by atoms with Gasteiger partial charge in [0.1, 0.15) is 0 Å². The third-order valence-corrected chi connectivity index (χ3v) is 2.78. The van der Waals surface area contributed by atoms with Crippen LogP contribution in [0.3, 0.4) is 0 Å². The summed E-state index contributed by atoms with van der Waals surface area (Å²) in [5.74, 6) is 0. The molecule has 0 heterocycles. The summed E-state index contributed by atoms with van der Waals surface area (Å²) in [4.78, 5) is 1.92. The molecule has 1 aromatic carbocycles. The molecule has 0 bridgehead atoms. The second-order valence-electron chi connectivity index (χ2n) is 4.39. The summed E-state index contributed by atoms with van der Waals surface area (Å²) in [5.41, 5.74) is 0.944. The smallest absolute Gasteiger partial charge is 0.0312 e. The molecule has 11 heteroatoms. The Hall–Kier alpha value is 0.233. The molecular weight excluding hydrogens is 487 g/mol. The van der Waals surface area contributed by atoms with Crippen molar-refractivity contribution in [3.63, 3.8) is 0 Å². The van der Waals surface area contributed by atoms with Gasteiger partial charge >= 0.3 is 52.5 Å². The predicted octanol–water partition coefficient (Wildman–Crippen LogP) is 7.46. The number of hydrogen-bond donors (Lipinski definition) is 0. The molecular formula is C13H14Cl2F6NPRu+. The molecule has 1 aromatic rings. The molecule has 24 heavy (non-hydrogen) atoms. The van der Waals surface area contributed by atoms with Gasteiger partial charge in [0, 0.05) is 14.1 Å². The van der Waals surface area contributed by atoms with Crippen molar-refractivity contribution in [1.82, 2.24) is 0 Å². The minimum absolute atomic E-state index is 0. The van der Waals surface area contributed by atoms with Gasteiger partial charge in [0.05, 0.1) is 15.7 Å². The van der Waals surface area contributed by atoms with E-state index >= 15 is 0 Å². The second kappa shape index (κ2) is 9.25. The Kier molecular flexibility index (Phi) is 10.2. The van der Waals surface area contributed by atoms with Crippen molar-refractivity contribution in [2.75, 3.05) is 19.0 Å². The van der Waals surface area contributed by atoms with Gasteiger partial charge in [-0.15, -0.1) is 0 Å². The SMILES string of the molecule is CN(C)c1cccc(Cl)c1Cl.F[P-](F)(F)(F)(F)F.[CH]1[CH][CH][CH][CH]1.[Ru+2]. The van der Waals surface area contributed by atoms with E-state index in [0.717, 1.165) is 5.69 Å². The third-order valence-electron chi connectivity index (χ3n) is 1.97. The first-order valence-electron chi connectivity index (χ1n) is 5.92. The van der Waals surface area contributed by atoms with Crippen molar-refractivity contribution >= 4 is 36.7 Å². The van der Waals surface area contributed by atoms with Gasteiger partial charge in [-0.3, -0.25) is 0 Å². The molecule has 1 aliphatic carbocycles. The maximum atomic E-state index is 9.87. The van der Waals surface area contributed by atoms with Gasteiger partial charge in [-0.2, -0.15) is 0 Å². The second-order valence-corrected chi connectivity index (χ2v) is 7.09. The van der Waals surface area contributed by atoms with Gasteiger partial charge in [0.2, 0.25) is 0 Å². The molecule has 139 valence electrons. The molecule has 0 atom stereocenters. The standard InChI is InChI=1S/C8H9Cl2N.C5H5.F6P.Ru/c1-11(2)7-5-3-4-6(9)8(7)10;1-2-4-5-3-1;1-7(2,3,4,5)6;/h3-5H,1-2H3;1-5H;;/q;;-1;+2. The molecule has 0 aromatic heterocycles. The summed E-state index contributed by atoms with van der Waals surface area (Å²) in [6.07, 6.45) is 10.0. The van der Waals surface area contributed by atoms with E-state index in [1.165, 1.54) is 0 Å². The van der Waals surface area contributed by atoms with Gasteiger partial charge < -0.3 is 4.90 Å². The van der Waals surface area contributed by atoms with Crippen LogP contribution in [-0.2, 0) is 19.5 Å². The van der Waals surface area contributed by atoms with Crippen LogP contribution < -0.4 is 4.90 Å². The summed E-state index contributed by atoms with van der Waals surface area (Å²) in [6.45, 7) is 0. The Morgan fingerprint density at radius 3 is 1.38 bits per heavy atom. The van der Waals surface area contributed by atoms with E-state index in [-0.39, 0.29) is 19.5 Å². The van der Waals surface area contributed by atoms with Crippen LogP contribution in [-0.4, -0.2) is 14.1 Å². The Morgan fingerprint density at radius 2 is 1.12 bits per heavy atom. The number of halogens is 8. The number of benzene rings is 1. The van der Waals surface area contributed by atoms with E-state index in [1.807, 2.05) is 63.2 Å². The predicted molar refractivity (Wildman–Crippen MR) is 85.9 cm³/mol. The van der Waals surface area contributed by atoms with Gasteiger partial charge in [-0.25, -0.2) is 0 Å². The number of nitrogens with zero attached hydrogens (tertiary/aromatic N) is 1. The van der Waals surface area contributed by atoms with Gasteiger partial charge in [-0.1, -0.05) is 29.3 Å². The van der Waals surface area contributed by atoms with Crippen LogP contribution in [0.5, 0.6) is 0 Å².